The second-order valence-electron chi connectivity index (χ2n) is 9.42. The molecule has 4 rings (SSSR count). The van der Waals surface area contributed by atoms with Crippen molar-refractivity contribution in [3.05, 3.63) is 70.8 Å². The Morgan fingerprint density at radius 1 is 0.917 bits per heavy atom. The molecule has 1 saturated heterocycles. The van der Waals surface area contributed by atoms with Gasteiger partial charge in [0.25, 0.3) is 0 Å². The van der Waals surface area contributed by atoms with E-state index in [-0.39, 0.29) is 11.6 Å². The molecule has 1 heterocycles. The molecule has 1 unspecified atom stereocenters. The molecule has 0 amide bonds. The van der Waals surface area contributed by atoms with Crippen LogP contribution in [-0.4, -0.2) is 47.0 Å². The first-order chi connectivity index (χ1) is 16.8. The van der Waals surface area contributed by atoms with E-state index in [4.69, 9.17) is 10.8 Å². The third-order valence-electron chi connectivity index (χ3n) is 6.89. The lowest BCUT2D eigenvalue weighted by Gasteiger charge is -2.52. The van der Waals surface area contributed by atoms with Crippen LogP contribution in [0.2, 0.25) is 0 Å². The lowest BCUT2D eigenvalue weighted by molar-refractivity contribution is -0.128. The SMILES string of the molecule is NC(c1ccccc1)C1(N2CCCC2)CCC1.O=C(O)c1cc(CC(F)(F)F)ccc1CC(F)(F)F. The van der Waals surface area contributed by atoms with Crippen molar-refractivity contribution >= 4 is 5.97 Å². The van der Waals surface area contributed by atoms with Crippen LogP contribution in [0.3, 0.4) is 0 Å². The van der Waals surface area contributed by atoms with Gasteiger partial charge in [0.05, 0.1) is 18.4 Å². The third kappa shape index (κ3) is 7.22. The van der Waals surface area contributed by atoms with E-state index in [1.807, 2.05) is 0 Å². The summed E-state index contributed by atoms with van der Waals surface area (Å²) in [6.07, 6.45) is -5.47. The summed E-state index contributed by atoms with van der Waals surface area (Å²) in [6.45, 7) is 2.50. The molecule has 2 aromatic carbocycles. The van der Waals surface area contributed by atoms with Gasteiger partial charge in [-0.05, 0) is 68.0 Å². The normalized spacial score (nSPS) is 18.6. The number of nitrogens with two attached hydrogens (primary N) is 1. The smallest absolute Gasteiger partial charge is 0.393 e. The molecule has 2 aromatic rings. The average Bonchev–Trinajstić information content (AvgIpc) is 3.28. The molecular weight excluding hydrogens is 486 g/mol. The van der Waals surface area contributed by atoms with Crippen molar-refractivity contribution in [2.75, 3.05) is 13.1 Å². The van der Waals surface area contributed by atoms with Crippen molar-refractivity contribution in [3.63, 3.8) is 0 Å². The molecule has 36 heavy (non-hydrogen) atoms. The standard InChI is InChI=1S/C15H22N2.C11H8F6O2/c16-14(13-7-2-1-3-8-13)15(9-6-10-15)17-11-4-5-12-17;12-10(13,14)4-6-1-2-7(5-11(15,16)17)8(3-6)9(18)19/h1-3,7-8,14H,4-6,9-12,16H2;1-3H,4-5H2,(H,18,19). The summed E-state index contributed by atoms with van der Waals surface area (Å²) in [6, 6.07) is 13.1. The van der Waals surface area contributed by atoms with E-state index in [0.29, 0.717) is 6.07 Å². The van der Waals surface area contributed by atoms with Gasteiger partial charge in [0.15, 0.2) is 0 Å². The maximum atomic E-state index is 12.2. The second kappa shape index (κ2) is 11.2. The van der Waals surface area contributed by atoms with Crippen molar-refractivity contribution in [1.82, 2.24) is 4.90 Å². The summed E-state index contributed by atoms with van der Waals surface area (Å²) in [5.41, 5.74) is 6.43. The quantitative estimate of drug-likeness (QED) is 0.443. The number of aromatic carboxylic acids is 1. The van der Waals surface area contributed by atoms with Crippen LogP contribution in [0.15, 0.2) is 48.5 Å². The Kier molecular flexibility index (Phi) is 8.71. The van der Waals surface area contributed by atoms with Gasteiger partial charge in [0, 0.05) is 11.6 Å². The lowest BCUT2D eigenvalue weighted by atomic mass is 9.68. The van der Waals surface area contributed by atoms with Gasteiger partial charge in [-0.25, -0.2) is 4.79 Å². The average molecular weight is 517 g/mol. The molecule has 0 spiro atoms. The number of likely N-dealkylation sites (tertiary alicyclic amines) is 1. The summed E-state index contributed by atoms with van der Waals surface area (Å²) in [7, 11) is 0. The summed E-state index contributed by atoms with van der Waals surface area (Å²) in [4.78, 5) is 13.4. The summed E-state index contributed by atoms with van der Waals surface area (Å²) >= 11 is 0. The molecule has 1 atom stereocenters. The predicted molar refractivity (Wildman–Crippen MR) is 124 cm³/mol. The fraction of sp³-hybridized carbons (Fsp3) is 0.500. The Morgan fingerprint density at radius 2 is 1.50 bits per heavy atom. The minimum atomic E-state index is -4.63. The molecule has 1 saturated carbocycles. The minimum absolute atomic E-state index is 0.190. The first-order valence-electron chi connectivity index (χ1n) is 11.8. The number of rotatable bonds is 6. The Labute approximate surface area is 206 Å². The van der Waals surface area contributed by atoms with Crippen LogP contribution in [0.5, 0.6) is 0 Å². The zero-order valence-electron chi connectivity index (χ0n) is 19.7. The molecule has 198 valence electrons. The van der Waals surface area contributed by atoms with Crippen LogP contribution >= 0.6 is 0 Å². The molecule has 2 aliphatic rings. The van der Waals surface area contributed by atoms with Crippen molar-refractivity contribution < 1.29 is 36.2 Å². The van der Waals surface area contributed by atoms with E-state index in [9.17, 15) is 31.1 Å². The Balaban J connectivity index is 0.000000201. The Morgan fingerprint density at radius 3 is 1.97 bits per heavy atom. The van der Waals surface area contributed by atoms with Crippen molar-refractivity contribution in [1.29, 1.82) is 0 Å². The van der Waals surface area contributed by atoms with Crippen LogP contribution < -0.4 is 5.73 Å². The fourth-order valence-electron chi connectivity index (χ4n) is 5.03. The number of carbonyl (C=O) groups is 1. The first-order valence-corrected chi connectivity index (χ1v) is 11.8. The number of hydrogen-bond acceptors (Lipinski definition) is 3. The first kappa shape index (κ1) is 28.0. The fourth-order valence-corrected chi connectivity index (χ4v) is 5.03. The molecular formula is C26H30F6N2O2. The highest BCUT2D eigenvalue weighted by molar-refractivity contribution is 5.89. The van der Waals surface area contributed by atoms with Crippen LogP contribution in [-0.2, 0) is 12.8 Å². The molecule has 1 aliphatic carbocycles. The monoisotopic (exact) mass is 516 g/mol. The van der Waals surface area contributed by atoms with Gasteiger partial charge in [0.2, 0.25) is 0 Å². The van der Waals surface area contributed by atoms with Crippen LogP contribution in [0.25, 0.3) is 0 Å². The van der Waals surface area contributed by atoms with Gasteiger partial charge in [-0.1, -0.05) is 42.5 Å². The number of alkyl halides is 6. The van der Waals surface area contributed by atoms with Gasteiger partial charge in [-0.2, -0.15) is 26.3 Å². The van der Waals surface area contributed by atoms with Crippen LogP contribution in [0, 0.1) is 0 Å². The predicted octanol–water partition coefficient (Wildman–Crippen LogP) is 6.30. The Hall–Kier alpha value is -2.59. The van der Waals surface area contributed by atoms with E-state index in [2.05, 4.69) is 35.2 Å². The second-order valence-corrected chi connectivity index (χ2v) is 9.42. The van der Waals surface area contributed by atoms with Crippen molar-refractivity contribution in [2.24, 2.45) is 5.73 Å². The van der Waals surface area contributed by atoms with Gasteiger partial charge >= 0.3 is 18.3 Å². The maximum Gasteiger partial charge on any atom is 0.393 e. The van der Waals surface area contributed by atoms with E-state index in [1.54, 1.807) is 0 Å². The van der Waals surface area contributed by atoms with Crippen molar-refractivity contribution in [2.45, 2.75) is 68.9 Å². The molecule has 10 heteroatoms. The molecule has 0 bridgehead atoms. The number of hydrogen-bond donors (Lipinski definition) is 2. The van der Waals surface area contributed by atoms with Crippen LogP contribution in [0.4, 0.5) is 26.3 Å². The molecule has 3 N–H and O–H groups in total. The zero-order valence-corrected chi connectivity index (χ0v) is 19.7. The molecule has 2 fully saturated rings. The highest BCUT2D eigenvalue weighted by Crippen LogP contribution is 2.47. The molecule has 0 radical (unpaired) electrons. The summed E-state index contributed by atoms with van der Waals surface area (Å²) in [5.74, 6) is -1.69. The van der Waals surface area contributed by atoms with Gasteiger partial charge < -0.3 is 10.8 Å². The molecule has 0 aromatic heterocycles. The molecule has 4 nitrogen and oxygen atoms in total. The van der Waals surface area contributed by atoms with E-state index in [0.717, 1.165) is 12.1 Å². The summed E-state index contributed by atoms with van der Waals surface area (Å²) < 4.78 is 72.9. The highest BCUT2D eigenvalue weighted by atomic mass is 19.4. The van der Waals surface area contributed by atoms with E-state index >= 15 is 0 Å². The number of carboxylic acids is 1. The van der Waals surface area contributed by atoms with Gasteiger partial charge in [0.1, 0.15) is 0 Å². The number of benzene rings is 2. The lowest BCUT2D eigenvalue weighted by Crippen LogP contribution is -2.58. The molecule has 1 aliphatic heterocycles. The summed E-state index contributed by atoms with van der Waals surface area (Å²) in [5, 5.41) is 8.74. The van der Waals surface area contributed by atoms with E-state index < -0.39 is 47.9 Å². The van der Waals surface area contributed by atoms with Gasteiger partial charge in [-0.15, -0.1) is 0 Å². The van der Waals surface area contributed by atoms with E-state index in [1.165, 1.54) is 50.8 Å². The largest absolute Gasteiger partial charge is 0.478 e. The number of nitrogens with zero attached hydrogens (tertiary/aromatic N) is 1. The Bertz CT molecular complexity index is 1010. The third-order valence-corrected chi connectivity index (χ3v) is 6.89. The maximum absolute atomic E-state index is 12.2. The highest BCUT2D eigenvalue weighted by Gasteiger charge is 2.48. The van der Waals surface area contributed by atoms with Gasteiger partial charge in [-0.3, -0.25) is 4.90 Å². The van der Waals surface area contributed by atoms with Crippen molar-refractivity contribution in [3.8, 4) is 0 Å². The minimum Gasteiger partial charge on any atom is -0.478 e. The topological polar surface area (TPSA) is 66.6 Å². The number of carboxylic acid groups (broad SMARTS) is 1. The number of halogens is 6. The zero-order chi connectivity index (χ0) is 26.6. The van der Waals surface area contributed by atoms with Crippen LogP contribution in [0.1, 0.15) is 65.2 Å².